The maximum Gasteiger partial charge on any atom is 0.309 e. The van der Waals surface area contributed by atoms with Crippen LogP contribution in [0.5, 0.6) is 0 Å². The molecule has 28 heavy (non-hydrogen) atoms. The second-order valence-corrected chi connectivity index (χ2v) is 6.95. The Morgan fingerprint density at radius 2 is 1.89 bits per heavy atom. The summed E-state index contributed by atoms with van der Waals surface area (Å²) in [7, 11) is 0. The molecule has 3 aromatic rings. The van der Waals surface area contributed by atoms with Crippen LogP contribution in [-0.4, -0.2) is 22.5 Å². The molecule has 0 spiro atoms. The van der Waals surface area contributed by atoms with Crippen LogP contribution in [0.15, 0.2) is 67.0 Å². The van der Waals surface area contributed by atoms with Gasteiger partial charge in [-0.1, -0.05) is 48.5 Å². The van der Waals surface area contributed by atoms with Gasteiger partial charge in [0.25, 0.3) is 0 Å². The summed E-state index contributed by atoms with van der Waals surface area (Å²) >= 11 is 0. The molecule has 0 saturated heterocycles. The lowest BCUT2D eigenvalue weighted by Crippen LogP contribution is -2.08. The summed E-state index contributed by atoms with van der Waals surface area (Å²) in [4.78, 5) is 20.7. The molecule has 2 unspecified atom stereocenters. The third-order valence-corrected chi connectivity index (χ3v) is 4.94. The molecular formula is C23H23N3O2. The Balaban J connectivity index is 1.35. The summed E-state index contributed by atoms with van der Waals surface area (Å²) in [5.74, 6) is 0.675. The van der Waals surface area contributed by atoms with E-state index >= 15 is 0 Å². The fraction of sp³-hybridized carbons (Fsp3) is 0.261. The van der Waals surface area contributed by atoms with Gasteiger partial charge in [0, 0.05) is 12.5 Å². The molecule has 0 amide bonds. The zero-order valence-corrected chi connectivity index (χ0v) is 15.8. The summed E-state index contributed by atoms with van der Waals surface area (Å²) in [6, 6.07) is 18.8. The number of rotatable bonds is 7. The lowest BCUT2D eigenvalue weighted by atomic mass is 10.0. The SMILES string of the molecule is CCOC(=O)C1CC1c1cnc(NCc2cccc(-c3ccccc3)c2)cn1. The van der Waals surface area contributed by atoms with Crippen LogP contribution in [0.1, 0.15) is 30.5 Å². The van der Waals surface area contributed by atoms with Crippen molar-refractivity contribution in [1.29, 1.82) is 0 Å². The molecule has 2 aromatic carbocycles. The predicted octanol–water partition coefficient (Wildman–Crippen LogP) is 4.42. The first kappa shape index (κ1) is 18.2. The van der Waals surface area contributed by atoms with E-state index in [1.54, 1.807) is 12.4 Å². The van der Waals surface area contributed by atoms with E-state index < -0.39 is 0 Å². The van der Waals surface area contributed by atoms with Gasteiger partial charge in [0.15, 0.2) is 0 Å². The second kappa shape index (κ2) is 8.21. The number of esters is 1. The topological polar surface area (TPSA) is 64.1 Å². The highest BCUT2D eigenvalue weighted by atomic mass is 16.5. The van der Waals surface area contributed by atoms with Gasteiger partial charge >= 0.3 is 5.97 Å². The summed E-state index contributed by atoms with van der Waals surface area (Å²) in [6.45, 7) is 2.91. The zero-order valence-electron chi connectivity index (χ0n) is 15.8. The molecule has 1 aliphatic rings. The van der Waals surface area contributed by atoms with Gasteiger partial charge in [-0.3, -0.25) is 9.78 Å². The average Bonchev–Trinajstić information content (AvgIpc) is 3.55. The van der Waals surface area contributed by atoms with Crippen LogP contribution in [0.2, 0.25) is 0 Å². The van der Waals surface area contributed by atoms with Crippen LogP contribution in [0, 0.1) is 5.92 Å². The quantitative estimate of drug-likeness (QED) is 0.621. The fourth-order valence-corrected chi connectivity index (χ4v) is 3.34. The van der Waals surface area contributed by atoms with Gasteiger partial charge in [-0.05, 0) is 36.1 Å². The average molecular weight is 373 g/mol. The third kappa shape index (κ3) is 4.19. The molecule has 1 heterocycles. The van der Waals surface area contributed by atoms with Gasteiger partial charge in [0.1, 0.15) is 5.82 Å². The van der Waals surface area contributed by atoms with Crippen LogP contribution in [0.4, 0.5) is 5.82 Å². The molecule has 1 aliphatic carbocycles. The van der Waals surface area contributed by atoms with Crippen LogP contribution in [0.3, 0.4) is 0 Å². The summed E-state index contributed by atoms with van der Waals surface area (Å²) in [5.41, 5.74) is 4.43. The van der Waals surface area contributed by atoms with E-state index in [9.17, 15) is 4.79 Å². The van der Waals surface area contributed by atoms with Gasteiger partial charge in [0.05, 0.1) is 30.6 Å². The molecule has 0 radical (unpaired) electrons. The summed E-state index contributed by atoms with van der Waals surface area (Å²) < 4.78 is 5.07. The molecule has 1 aromatic heterocycles. The smallest absolute Gasteiger partial charge is 0.309 e. The largest absolute Gasteiger partial charge is 0.466 e. The van der Waals surface area contributed by atoms with Crippen molar-refractivity contribution < 1.29 is 9.53 Å². The van der Waals surface area contributed by atoms with E-state index in [0.29, 0.717) is 13.2 Å². The van der Waals surface area contributed by atoms with Crippen LogP contribution in [-0.2, 0) is 16.1 Å². The number of carbonyl (C=O) groups is 1. The van der Waals surface area contributed by atoms with Gasteiger partial charge in [-0.25, -0.2) is 4.98 Å². The highest BCUT2D eigenvalue weighted by Gasteiger charge is 2.46. The Bertz CT molecular complexity index is 942. The van der Waals surface area contributed by atoms with E-state index in [-0.39, 0.29) is 17.8 Å². The maximum absolute atomic E-state index is 11.8. The number of benzene rings is 2. The number of ether oxygens (including phenoxy) is 1. The normalized spacial score (nSPS) is 17.8. The van der Waals surface area contributed by atoms with E-state index in [4.69, 9.17) is 4.74 Å². The van der Waals surface area contributed by atoms with Crippen LogP contribution in [0.25, 0.3) is 11.1 Å². The number of nitrogens with zero attached hydrogens (tertiary/aromatic N) is 2. The van der Waals surface area contributed by atoms with E-state index in [1.165, 1.54) is 16.7 Å². The minimum atomic E-state index is -0.130. The first-order valence-electron chi connectivity index (χ1n) is 9.61. The zero-order chi connectivity index (χ0) is 19.3. The number of nitrogens with one attached hydrogen (secondary N) is 1. The van der Waals surface area contributed by atoms with Gasteiger partial charge in [0.2, 0.25) is 0 Å². The van der Waals surface area contributed by atoms with Crippen molar-refractivity contribution in [1.82, 2.24) is 9.97 Å². The number of anilines is 1. The van der Waals surface area contributed by atoms with Crippen molar-refractivity contribution >= 4 is 11.8 Å². The van der Waals surface area contributed by atoms with Crippen molar-refractivity contribution in [3.8, 4) is 11.1 Å². The number of hydrogen-bond donors (Lipinski definition) is 1. The molecule has 1 saturated carbocycles. The molecule has 142 valence electrons. The van der Waals surface area contributed by atoms with E-state index in [0.717, 1.165) is 17.9 Å². The van der Waals surface area contributed by atoms with Gasteiger partial charge < -0.3 is 10.1 Å². The second-order valence-electron chi connectivity index (χ2n) is 6.95. The molecule has 4 rings (SSSR count). The van der Waals surface area contributed by atoms with E-state index in [2.05, 4.69) is 51.7 Å². The Labute approximate surface area is 164 Å². The molecule has 5 nitrogen and oxygen atoms in total. The molecule has 0 aliphatic heterocycles. The van der Waals surface area contributed by atoms with Crippen molar-refractivity contribution in [3.05, 3.63) is 78.2 Å². The van der Waals surface area contributed by atoms with Crippen molar-refractivity contribution in [2.45, 2.75) is 25.8 Å². The summed E-state index contributed by atoms with van der Waals surface area (Å²) in [5, 5.41) is 3.32. The number of carbonyl (C=O) groups excluding carboxylic acids is 1. The molecule has 1 fully saturated rings. The molecule has 1 N–H and O–H groups in total. The fourth-order valence-electron chi connectivity index (χ4n) is 3.34. The maximum atomic E-state index is 11.8. The molecule has 2 atom stereocenters. The Morgan fingerprint density at radius 1 is 1.07 bits per heavy atom. The Morgan fingerprint density at radius 3 is 2.64 bits per heavy atom. The Kier molecular flexibility index (Phi) is 5.33. The van der Waals surface area contributed by atoms with Gasteiger partial charge in [-0.2, -0.15) is 0 Å². The van der Waals surface area contributed by atoms with Crippen molar-refractivity contribution in [2.24, 2.45) is 5.92 Å². The van der Waals surface area contributed by atoms with Crippen molar-refractivity contribution in [2.75, 3.05) is 11.9 Å². The minimum Gasteiger partial charge on any atom is -0.466 e. The van der Waals surface area contributed by atoms with Crippen LogP contribution >= 0.6 is 0 Å². The minimum absolute atomic E-state index is 0.0613. The molecule has 0 bridgehead atoms. The Hall–Kier alpha value is -3.21. The molecule has 5 heteroatoms. The standard InChI is InChI=1S/C23H23N3O2/c1-2-28-23(27)20-12-19(20)21-14-26-22(15-24-21)25-13-16-7-6-10-18(11-16)17-8-4-3-5-9-17/h3-11,14-15,19-20H,2,12-13H2,1H3,(H,25,26). The van der Waals surface area contributed by atoms with E-state index in [1.807, 2.05) is 25.1 Å². The lowest BCUT2D eigenvalue weighted by molar-refractivity contribution is -0.144. The highest BCUT2D eigenvalue weighted by Crippen LogP contribution is 2.47. The number of hydrogen-bond acceptors (Lipinski definition) is 5. The summed E-state index contributed by atoms with van der Waals surface area (Å²) in [6.07, 6.45) is 4.29. The lowest BCUT2D eigenvalue weighted by Gasteiger charge is -2.08. The first-order valence-corrected chi connectivity index (χ1v) is 9.61. The number of aromatic nitrogens is 2. The molecular weight excluding hydrogens is 350 g/mol. The predicted molar refractivity (Wildman–Crippen MR) is 109 cm³/mol. The van der Waals surface area contributed by atoms with Gasteiger partial charge in [-0.15, -0.1) is 0 Å². The first-order chi connectivity index (χ1) is 13.7. The monoisotopic (exact) mass is 373 g/mol. The van der Waals surface area contributed by atoms with Crippen LogP contribution < -0.4 is 5.32 Å². The third-order valence-electron chi connectivity index (χ3n) is 4.94. The highest BCUT2D eigenvalue weighted by molar-refractivity contribution is 5.77. The van der Waals surface area contributed by atoms with Crippen molar-refractivity contribution in [3.63, 3.8) is 0 Å².